The van der Waals surface area contributed by atoms with Gasteiger partial charge in [0.15, 0.2) is 0 Å². The van der Waals surface area contributed by atoms with Crippen molar-refractivity contribution in [2.45, 2.75) is 38.5 Å². The molecule has 1 aliphatic carbocycles. The standard InChI is InChI=1S/C17H18O5/c18-16(19)6-3-9-21-11-7-8-13-12-4-1-2-5-14(12)17(20)22-15(13)10-11/h7-8,10H,1-6,9H2,(H,18,19). The molecule has 1 aromatic heterocycles. The first-order valence-electron chi connectivity index (χ1n) is 7.58. The predicted octanol–water partition coefficient (Wildman–Crippen LogP) is 2.92. The summed E-state index contributed by atoms with van der Waals surface area (Å²) < 4.78 is 10.9. The van der Waals surface area contributed by atoms with Crippen LogP contribution in [0.5, 0.6) is 5.75 Å². The summed E-state index contributed by atoms with van der Waals surface area (Å²) in [4.78, 5) is 22.5. The molecule has 3 rings (SSSR count). The molecule has 1 N–H and O–H groups in total. The zero-order valence-electron chi connectivity index (χ0n) is 12.3. The van der Waals surface area contributed by atoms with E-state index in [2.05, 4.69) is 0 Å². The highest BCUT2D eigenvalue weighted by Gasteiger charge is 2.18. The number of fused-ring (bicyclic) bond motifs is 3. The number of carboxylic acid groups (broad SMARTS) is 1. The van der Waals surface area contributed by atoms with Gasteiger partial charge in [0.2, 0.25) is 0 Å². The Bertz CT molecular complexity index is 759. The molecule has 0 saturated heterocycles. The largest absolute Gasteiger partial charge is 0.493 e. The lowest BCUT2D eigenvalue weighted by atomic mass is 9.91. The zero-order valence-corrected chi connectivity index (χ0v) is 12.3. The number of benzene rings is 1. The summed E-state index contributed by atoms with van der Waals surface area (Å²) in [6.07, 6.45) is 4.36. The molecular formula is C17H18O5. The minimum atomic E-state index is -0.834. The zero-order chi connectivity index (χ0) is 15.5. The van der Waals surface area contributed by atoms with Gasteiger partial charge in [-0.2, -0.15) is 0 Å². The third-order valence-corrected chi connectivity index (χ3v) is 4.00. The van der Waals surface area contributed by atoms with E-state index in [1.807, 2.05) is 12.1 Å². The van der Waals surface area contributed by atoms with Crippen molar-refractivity contribution in [2.75, 3.05) is 6.61 Å². The third-order valence-electron chi connectivity index (χ3n) is 4.00. The van der Waals surface area contributed by atoms with E-state index in [4.69, 9.17) is 14.3 Å². The molecule has 22 heavy (non-hydrogen) atoms. The summed E-state index contributed by atoms with van der Waals surface area (Å²) in [5, 5.41) is 9.57. The van der Waals surface area contributed by atoms with Crippen LogP contribution in [0, 0.1) is 0 Å². The van der Waals surface area contributed by atoms with Crippen molar-refractivity contribution in [1.82, 2.24) is 0 Å². The minimum Gasteiger partial charge on any atom is -0.493 e. The first-order chi connectivity index (χ1) is 10.6. The first kappa shape index (κ1) is 14.6. The Balaban J connectivity index is 1.84. The SMILES string of the molecule is O=C(O)CCCOc1ccc2c3c(c(=O)oc2c1)CCCC3. The lowest BCUT2D eigenvalue weighted by Gasteiger charge is -2.16. The number of aryl methyl sites for hydroxylation is 1. The van der Waals surface area contributed by atoms with Crippen LogP contribution in [0.25, 0.3) is 11.0 Å². The number of carbonyl (C=O) groups is 1. The van der Waals surface area contributed by atoms with E-state index in [9.17, 15) is 9.59 Å². The molecule has 0 radical (unpaired) electrons. The summed E-state index contributed by atoms with van der Waals surface area (Å²) in [6.45, 7) is 0.326. The molecule has 1 heterocycles. The van der Waals surface area contributed by atoms with Crippen LogP contribution in [0.2, 0.25) is 0 Å². The van der Waals surface area contributed by atoms with E-state index in [0.717, 1.165) is 42.2 Å². The number of ether oxygens (including phenoxy) is 1. The van der Waals surface area contributed by atoms with Crippen LogP contribution in [0.4, 0.5) is 0 Å². The highest BCUT2D eigenvalue weighted by molar-refractivity contribution is 5.82. The molecule has 1 aliphatic rings. The summed E-state index contributed by atoms with van der Waals surface area (Å²) >= 11 is 0. The first-order valence-corrected chi connectivity index (χ1v) is 7.58. The van der Waals surface area contributed by atoms with Gasteiger partial charge in [-0.1, -0.05) is 0 Å². The van der Waals surface area contributed by atoms with Crippen molar-refractivity contribution < 1.29 is 19.1 Å². The quantitative estimate of drug-likeness (QED) is 0.679. The summed E-state index contributed by atoms with van der Waals surface area (Å²) in [5.74, 6) is -0.239. The van der Waals surface area contributed by atoms with Gasteiger partial charge in [-0.05, 0) is 49.8 Å². The predicted molar refractivity (Wildman–Crippen MR) is 81.5 cm³/mol. The van der Waals surface area contributed by atoms with Crippen LogP contribution in [0.3, 0.4) is 0 Å². The van der Waals surface area contributed by atoms with E-state index in [-0.39, 0.29) is 12.0 Å². The van der Waals surface area contributed by atoms with Gasteiger partial charge in [0.05, 0.1) is 6.61 Å². The topological polar surface area (TPSA) is 76.7 Å². The highest BCUT2D eigenvalue weighted by Crippen LogP contribution is 2.29. The smallest absolute Gasteiger partial charge is 0.339 e. The fourth-order valence-corrected chi connectivity index (χ4v) is 2.93. The van der Waals surface area contributed by atoms with Crippen LogP contribution in [-0.2, 0) is 17.6 Å². The molecule has 2 aromatic rings. The van der Waals surface area contributed by atoms with Crippen LogP contribution >= 0.6 is 0 Å². The van der Waals surface area contributed by atoms with Crippen LogP contribution in [0.1, 0.15) is 36.8 Å². The lowest BCUT2D eigenvalue weighted by Crippen LogP contribution is -2.15. The Hall–Kier alpha value is -2.30. The molecule has 0 saturated carbocycles. The van der Waals surface area contributed by atoms with E-state index in [1.54, 1.807) is 6.07 Å². The molecule has 5 heteroatoms. The maximum Gasteiger partial charge on any atom is 0.339 e. The van der Waals surface area contributed by atoms with Crippen LogP contribution < -0.4 is 10.4 Å². The molecule has 0 atom stereocenters. The number of carboxylic acids is 1. The Labute approximate surface area is 127 Å². The summed E-state index contributed by atoms with van der Waals surface area (Å²) in [5.41, 5.74) is 2.22. The molecule has 0 spiro atoms. The van der Waals surface area contributed by atoms with Crippen molar-refractivity contribution in [1.29, 1.82) is 0 Å². The fourth-order valence-electron chi connectivity index (χ4n) is 2.93. The molecule has 0 amide bonds. The van der Waals surface area contributed by atoms with Crippen molar-refractivity contribution in [3.63, 3.8) is 0 Å². The van der Waals surface area contributed by atoms with Crippen molar-refractivity contribution in [3.8, 4) is 5.75 Å². The Kier molecular flexibility index (Phi) is 4.13. The van der Waals surface area contributed by atoms with E-state index in [1.165, 1.54) is 0 Å². The average Bonchev–Trinajstić information content (AvgIpc) is 2.51. The van der Waals surface area contributed by atoms with E-state index in [0.29, 0.717) is 24.4 Å². The lowest BCUT2D eigenvalue weighted by molar-refractivity contribution is -0.137. The van der Waals surface area contributed by atoms with Gasteiger partial charge in [0.25, 0.3) is 0 Å². The molecule has 0 fully saturated rings. The van der Waals surface area contributed by atoms with Gasteiger partial charge >= 0.3 is 11.6 Å². The van der Waals surface area contributed by atoms with Gasteiger partial charge in [0, 0.05) is 23.4 Å². The molecule has 0 unspecified atom stereocenters. The molecule has 5 nitrogen and oxygen atoms in total. The Morgan fingerprint density at radius 2 is 2.00 bits per heavy atom. The second-order valence-electron chi connectivity index (χ2n) is 5.56. The summed E-state index contributed by atoms with van der Waals surface area (Å²) in [6, 6.07) is 5.49. The van der Waals surface area contributed by atoms with Gasteiger partial charge in [-0.25, -0.2) is 4.79 Å². The van der Waals surface area contributed by atoms with Gasteiger partial charge in [-0.3, -0.25) is 4.79 Å². The monoisotopic (exact) mass is 302 g/mol. The number of rotatable bonds is 5. The molecule has 116 valence electrons. The Morgan fingerprint density at radius 1 is 1.23 bits per heavy atom. The van der Waals surface area contributed by atoms with Gasteiger partial charge < -0.3 is 14.3 Å². The van der Waals surface area contributed by atoms with Gasteiger partial charge in [-0.15, -0.1) is 0 Å². The molecule has 0 aliphatic heterocycles. The van der Waals surface area contributed by atoms with Crippen molar-refractivity contribution >= 4 is 16.9 Å². The second-order valence-corrected chi connectivity index (χ2v) is 5.56. The second kappa shape index (κ2) is 6.22. The van der Waals surface area contributed by atoms with Crippen molar-refractivity contribution in [3.05, 3.63) is 39.7 Å². The van der Waals surface area contributed by atoms with Crippen LogP contribution in [-0.4, -0.2) is 17.7 Å². The van der Waals surface area contributed by atoms with Gasteiger partial charge in [0.1, 0.15) is 11.3 Å². The van der Waals surface area contributed by atoms with Crippen molar-refractivity contribution in [2.24, 2.45) is 0 Å². The molecular weight excluding hydrogens is 284 g/mol. The number of hydrogen-bond acceptors (Lipinski definition) is 4. The molecule has 1 aromatic carbocycles. The minimum absolute atomic E-state index is 0.0795. The van der Waals surface area contributed by atoms with E-state index >= 15 is 0 Å². The maximum absolute atomic E-state index is 12.1. The summed E-state index contributed by atoms with van der Waals surface area (Å²) in [7, 11) is 0. The fraction of sp³-hybridized carbons (Fsp3) is 0.412. The van der Waals surface area contributed by atoms with Crippen LogP contribution in [0.15, 0.2) is 27.4 Å². The Morgan fingerprint density at radius 3 is 2.77 bits per heavy atom. The third kappa shape index (κ3) is 2.98. The number of hydrogen-bond donors (Lipinski definition) is 1. The number of aliphatic carboxylic acids is 1. The normalized spacial score (nSPS) is 13.8. The highest BCUT2D eigenvalue weighted by atomic mass is 16.5. The molecule has 0 bridgehead atoms. The average molecular weight is 302 g/mol. The van der Waals surface area contributed by atoms with E-state index < -0.39 is 5.97 Å². The maximum atomic E-state index is 12.1.